The molecule has 2 unspecified atom stereocenters. The van der Waals surface area contributed by atoms with Crippen molar-refractivity contribution in [1.82, 2.24) is 4.90 Å². The zero-order valence-corrected chi connectivity index (χ0v) is 9.72. The van der Waals surface area contributed by atoms with Crippen molar-refractivity contribution >= 4 is 18.5 Å². The highest BCUT2D eigenvalue weighted by molar-refractivity contribution is 7.80. The Kier molecular flexibility index (Phi) is 2.78. The quantitative estimate of drug-likeness (QED) is 0.660. The van der Waals surface area contributed by atoms with E-state index >= 15 is 0 Å². The van der Waals surface area contributed by atoms with Gasteiger partial charge in [0.15, 0.2) is 0 Å². The number of likely N-dealkylation sites (tertiary alicyclic amines) is 1. The van der Waals surface area contributed by atoms with Gasteiger partial charge in [0.1, 0.15) is 0 Å². The second-order valence-electron chi connectivity index (χ2n) is 4.98. The second kappa shape index (κ2) is 3.76. The molecule has 2 fully saturated rings. The topological polar surface area (TPSA) is 20.3 Å². The number of carbonyl (C=O) groups is 1. The summed E-state index contributed by atoms with van der Waals surface area (Å²) >= 11 is 4.37. The largest absolute Gasteiger partial charge is 0.342 e. The first-order valence-corrected chi connectivity index (χ1v) is 6.15. The van der Waals surface area contributed by atoms with Crippen molar-refractivity contribution in [1.29, 1.82) is 0 Å². The lowest BCUT2D eigenvalue weighted by atomic mass is 9.85. The molecule has 14 heavy (non-hydrogen) atoms. The van der Waals surface area contributed by atoms with E-state index in [2.05, 4.69) is 12.6 Å². The molecule has 1 spiro atoms. The van der Waals surface area contributed by atoms with E-state index in [9.17, 15) is 4.79 Å². The van der Waals surface area contributed by atoms with Crippen molar-refractivity contribution in [2.24, 2.45) is 11.3 Å². The fourth-order valence-corrected chi connectivity index (χ4v) is 3.37. The molecule has 1 amide bonds. The van der Waals surface area contributed by atoms with Gasteiger partial charge < -0.3 is 4.90 Å². The molecule has 1 aliphatic carbocycles. The molecule has 0 aromatic carbocycles. The van der Waals surface area contributed by atoms with Crippen LogP contribution in [0.1, 0.15) is 32.6 Å². The molecule has 1 aliphatic heterocycles. The molecule has 1 saturated heterocycles. The Morgan fingerprint density at radius 3 is 2.86 bits per heavy atom. The van der Waals surface area contributed by atoms with E-state index in [-0.39, 0.29) is 5.91 Å². The van der Waals surface area contributed by atoms with Gasteiger partial charge in [-0.15, -0.1) is 0 Å². The molecule has 0 aromatic rings. The third-order valence-electron chi connectivity index (χ3n) is 3.95. The van der Waals surface area contributed by atoms with Crippen LogP contribution in [0.3, 0.4) is 0 Å². The summed E-state index contributed by atoms with van der Waals surface area (Å²) in [6.07, 6.45) is 5.13. The number of hydrogen-bond acceptors (Lipinski definition) is 2. The van der Waals surface area contributed by atoms with E-state index in [1.807, 2.05) is 4.90 Å². The molecule has 2 aliphatic rings. The van der Waals surface area contributed by atoms with Gasteiger partial charge in [-0.25, -0.2) is 0 Å². The lowest BCUT2D eigenvalue weighted by Gasteiger charge is -2.23. The molecule has 2 nitrogen and oxygen atoms in total. The van der Waals surface area contributed by atoms with Crippen LogP contribution in [0.2, 0.25) is 0 Å². The van der Waals surface area contributed by atoms with Crippen molar-refractivity contribution in [2.75, 3.05) is 18.8 Å². The molecule has 1 heterocycles. The summed E-state index contributed by atoms with van der Waals surface area (Å²) in [5, 5.41) is 0. The van der Waals surface area contributed by atoms with E-state index in [1.54, 1.807) is 6.92 Å². The Hall–Kier alpha value is -0.180. The third-order valence-corrected chi connectivity index (χ3v) is 4.46. The summed E-state index contributed by atoms with van der Waals surface area (Å²) in [6.45, 7) is 3.67. The highest BCUT2D eigenvalue weighted by Crippen LogP contribution is 2.48. The Morgan fingerprint density at radius 1 is 1.57 bits per heavy atom. The van der Waals surface area contributed by atoms with Gasteiger partial charge in [-0.05, 0) is 42.8 Å². The van der Waals surface area contributed by atoms with E-state index < -0.39 is 0 Å². The summed E-state index contributed by atoms with van der Waals surface area (Å²) in [5.41, 5.74) is 0.471. The Labute approximate surface area is 91.5 Å². The average molecular weight is 213 g/mol. The standard InChI is InChI=1S/C11H19NOS/c1-9(13)12-5-4-11(8-12)3-2-10(6-11)7-14/h10,14H,2-8H2,1H3. The molecule has 1 saturated carbocycles. The minimum atomic E-state index is 0.246. The zero-order chi connectivity index (χ0) is 10.2. The van der Waals surface area contributed by atoms with Crippen LogP contribution in [-0.4, -0.2) is 29.6 Å². The highest BCUT2D eigenvalue weighted by atomic mass is 32.1. The lowest BCUT2D eigenvalue weighted by Crippen LogP contribution is -2.29. The van der Waals surface area contributed by atoms with Gasteiger partial charge in [0.2, 0.25) is 5.91 Å². The Morgan fingerprint density at radius 2 is 2.36 bits per heavy atom. The van der Waals surface area contributed by atoms with Crippen molar-refractivity contribution < 1.29 is 4.79 Å². The van der Waals surface area contributed by atoms with Crippen molar-refractivity contribution in [2.45, 2.75) is 32.6 Å². The summed E-state index contributed by atoms with van der Waals surface area (Å²) in [5.74, 6) is 2.06. The summed E-state index contributed by atoms with van der Waals surface area (Å²) in [6, 6.07) is 0. The van der Waals surface area contributed by atoms with Crippen LogP contribution in [0, 0.1) is 11.3 Å². The molecular weight excluding hydrogens is 194 g/mol. The van der Waals surface area contributed by atoms with Crippen LogP contribution in [0.15, 0.2) is 0 Å². The Bertz CT molecular complexity index is 243. The van der Waals surface area contributed by atoms with E-state index in [4.69, 9.17) is 0 Å². The van der Waals surface area contributed by atoms with Crippen LogP contribution in [-0.2, 0) is 4.79 Å². The SMILES string of the molecule is CC(=O)N1CCC2(CCC(CS)C2)C1. The van der Waals surface area contributed by atoms with Gasteiger partial charge in [0.25, 0.3) is 0 Å². The van der Waals surface area contributed by atoms with Crippen LogP contribution in [0.5, 0.6) is 0 Å². The van der Waals surface area contributed by atoms with E-state index in [1.165, 1.54) is 25.7 Å². The maximum Gasteiger partial charge on any atom is 0.219 e. The van der Waals surface area contributed by atoms with Crippen LogP contribution >= 0.6 is 12.6 Å². The van der Waals surface area contributed by atoms with E-state index in [0.717, 1.165) is 24.8 Å². The van der Waals surface area contributed by atoms with Crippen LogP contribution < -0.4 is 0 Å². The number of thiol groups is 1. The predicted molar refractivity (Wildman–Crippen MR) is 60.5 cm³/mol. The molecule has 0 bridgehead atoms. The van der Waals surface area contributed by atoms with Crippen molar-refractivity contribution in [3.8, 4) is 0 Å². The molecular formula is C11H19NOS. The number of amides is 1. The summed E-state index contributed by atoms with van der Waals surface area (Å²) < 4.78 is 0. The van der Waals surface area contributed by atoms with E-state index in [0.29, 0.717) is 5.41 Å². The van der Waals surface area contributed by atoms with Crippen molar-refractivity contribution in [3.05, 3.63) is 0 Å². The molecule has 2 rings (SSSR count). The predicted octanol–water partition coefficient (Wildman–Crippen LogP) is 1.95. The molecule has 0 aromatic heterocycles. The first-order chi connectivity index (χ1) is 6.65. The lowest BCUT2D eigenvalue weighted by molar-refractivity contribution is -0.128. The number of hydrogen-bond donors (Lipinski definition) is 1. The average Bonchev–Trinajstić information content (AvgIpc) is 2.74. The normalized spacial score (nSPS) is 37.0. The fourth-order valence-electron chi connectivity index (χ4n) is 3.06. The van der Waals surface area contributed by atoms with Crippen LogP contribution in [0.25, 0.3) is 0 Å². The molecule has 0 radical (unpaired) electrons. The molecule has 2 atom stereocenters. The number of rotatable bonds is 1. The van der Waals surface area contributed by atoms with Gasteiger partial charge in [-0.3, -0.25) is 4.79 Å². The smallest absolute Gasteiger partial charge is 0.219 e. The summed E-state index contributed by atoms with van der Waals surface area (Å²) in [4.78, 5) is 13.3. The first-order valence-electron chi connectivity index (χ1n) is 5.52. The number of nitrogens with zero attached hydrogens (tertiary/aromatic N) is 1. The summed E-state index contributed by atoms with van der Waals surface area (Å²) in [7, 11) is 0. The maximum absolute atomic E-state index is 11.2. The molecule has 80 valence electrons. The highest BCUT2D eigenvalue weighted by Gasteiger charge is 2.44. The fraction of sp³-hybridized carbons (Fsp3) is 0.909. The number of carbonyl (C=O) groups excluding carboxylic acids is 1. The van der Waals surface area contributed by atoms with Gasteiger partial charge in [-0.1, -0.05) is 0 Å². The monoisotopic (exact) mass is 213 g/mol. The first kappa shape index (κ1) is 10.3. The minimum absolute atomic E-state index is 0.246. The van der Waals surface area contributed by atoms with Crippen LogP contribution in [0.4, 0.5) is 0 Å². The van der Waals surface area contributed by atoms with Gasteiger partial charge in [-0.2, -0.15) is 12.6 Å². The second-order valence-corrected chi connectivity index (χ2v) is 5.35. The Balaban J connectivity index is 1.97. The van der Waals surface area contributed by atoms with Gasteiger partial charge in [0.05, 0.1) is 0 Å². The minimum Gasteiger partial charge on any atom is -0.342 e. The molecule has 3 heteroatoms. The molecule has 0 N–H and O–H groups in total. The zero-order valence-electron chi connectivity index (χ0n) is 8.83. The van der Waals surface area contributed by atoms with Crippen molar-refractivity contribution in [3.63, 3.8) is 0 Å². The van der Waals surface area contributed by atoms with Gasteiger partial charge >= 0.3 is 0 Å². The van der Waals surface area contributed by atoms with Gasteiger partial charge in [0, 0.05) is 20.0 Å². The maximum atomic E-state index is 11.2. The third kappa shape index (κ3) is 1.79.